The molecule has 31 heavy (non-hydrogen) atoms. The predicted octanol–water partition coefficient (Wildman–Crippen LogP) is 3.45. The number of piperidine rings is 1. The molecule has 2 N–H and O–H groups in total. The van der Waals surface area contributed by atoms with Crippen molar-refractivity contribution in [3.05, 3.63) is 24.0 Å². The number of hydrogen-bond acceptors (Lipinski definition) is 4. The Morgan fingerprint density at radius 1 is 1.23 bits per heavy atom. The Hall–Kier alpha value is -2.35. The highest BCUT2D eigenvalue weighted by atomic mass is 19.1. The molecule has 1 atom stereocenters. The number of rotatable bonds is 4. The highest BCUT2D eigenvalue weighted by molar-refractivity contribution is 5.87. The molecule has 1 unspecified atom stereocenters. The van der Waals surface area contributed by atoms with Crippen molar-refractivity contribution >= 4 is 23.4 Å². The third-order valence-electron chi connectivity index (χ3n) is 7.36. The molecule has 1 aromatic rings. The molecule has 7 nitrogen and oxygen atoms in total. The lowest BCUT2D eigenvalue weighted by Crippen LogP contribution is -2.50. The second-order valence-corrected chi connectivity index (χ2v) is 9.18. The van der Waals surface area contributed by atoms with E-state index in [4.69, 9.17) is 0 Å². The quantitative estimate of drug-likeness (QED) is 0.760. The summed E-state index contributed by atoms with van der Waals surface area (Å²) in [5.41, 5.74) is 0.262. The first kappa shape index (κ1) is 21.9. The Bertz CT molecular complexity index is 842. The molecule has 0 radical (unpaired) electrons. The molecule has 8 heteroatoms. The van der Waals surface area contributed by atoms with Gasteiger partial charge in [-0.2, -0.15) is 0 Å². The van der Waals surface area contributed by atoms with Crippen LogP contribution in [-0.2, 0) is 4.79 Å². The molecule has 2 aliphatic heterocycles. The van der Waals surface area contributed by atoms with E-state index in [1.807, 2.05) is 9.80 Å². The number of halogens is 1. The number of carbonyl (C=O) groups excluding carboxylic acids is 1. The number of likely N-dealkylation sites (tertiary alicyclic amines) is 1. The Morgan fingerprint density at radius 3 is 2.61 bits per heavy atom. The number of nitrogens with zero attached hydrogens (tertiary/aromatic N) is 3. The second-order valence-electron chi connectivity index (χ2n) is 9.18. The summed E-state index contributed by atoms with van der Waals surface area (Å²) in [7, 11) is 0. The molecule has 1 aromatic carbocycles. The van der Waals surface area contributed by atoms with Crippen molar-refractivity contribution in [1.29, 1.82) is 0 Å². The third kappa shape index (κ3) is 4.10. The van der Waals surface area contributed by atoms with Gasteiger partial charge in [-0.15, -0.1) is 0 Å². The van der Waals surface area contributed by atoms with Crippen LogP contribution in [0, 0.1) is 11.2 Å². The summed E-state index contributed by atoms with van der Waals surface area (Å²) in [6.07, 6.45) is 4.25. The molecule has 1 saturated carbocycles. The van der Waals surface area contributed by atoms with Crippen molar-refractivity contribution in [2.45, 2.75) is 64.0 Å². The van der Waals surface area contributed by atoms with Crippen LogP contribution >= 0.6 is 0 Å². The van der Waals surface area contributed by atoms with Crippen molar-refractivity contribution in [3.8, 4) is 0 Å². The average molecular weight is 434 g/mol. The number of carboxylic acid groups (broad SMARTS) is 1. The van der Waals surface area contributed by atoms with Crippen molar-refractivity contribution in [2.75, 3.05) is 36.0 Å². The van der Waals surface area contributed by atoms with E-state index in [0.717, 1.165) is 56.4 Å². The predicted molar refractivity (Wildman–Crippen MR) is 116 cm³/mol. The summed E-state index contributed by atoms with van der Waals surface area (Å²) in [4.78, 5) is 29.9. The lowest BCUT2D eigenvalue weighted by molar-refractivity contribution is -0.139. The average Bonchev–Trinajstić information content (AvgIpc) is 3.04. The van der Waals surface area contributed by atoms with Crippen molar-refractivity contribution in [1.82, 2.24) is 4.90 Å². The second kappa shape index (κ2) is 8.65. The van der Waals surface area contributed by atoms with E-state index in [2.05, 4.69) is 0 Å². The third-order valence-corrected chi connectivity index (χ3v) is 7.36. The van der Waals surface area contributed by atoms with E-state index in [1.165, 1.54) is 6.07 Å². The van der Waals surface area contributed by atoms with Gasteiger partial charge in [0.1, 0.15) is 5.82 Å². The summed E-state index contributed by atoms with van der Waals surface area (Å²) >= 11 is 0. The molecule has 2 heterocycles. The summed E-state index contributed by atoms with van der Waals surface area (Å²) < 4.78 is 15.0. The van der Waals surface area contributed by atoms with Gasteiger partial charge in [0.2, 0.25) is 5.91 Å². The molecule has 0 aromatic heterocycles. The molecule has 0 bridgehead atoms. The standard InChI is InChI=1S/C23H32FN3O4/c1-2-26(22(30)31)17-6-9-20(19(24)14-17)25-12-3-10-23(15-25)11-13-27(21(23)29)16-4-7-18(28)8-5-16/h6,9,14,16,18,28H,2-5,7-8,10-13,15H2,1H3,(H,30,31)/t16-,18-,23?. The maximum atomic E-state index is 15.0. The number of carbonyl (C=O) groups is 2. The lowest BCUT2D eigenvalue weighted by Gasteiger charge is -2.41. The largest absolute Gasteiger partial charge is 0.465 e. The van der Waals surface area contributed by atoms with Crippen molar-refractivity contribution in [2.24, 2.45) is 5.41 Å². The Balaban J connectivity index is 1.50. The van der Waals surface area contributed by atoms with Crippen LogP contribution in [0.15, 0.2) is 18.2 Å². The number of hydrogen-bond donors (Lipinski definition) is 2. The van der Waals surface area contributed by atoms with Crippen LogP contribution in [0.4, 0.5) is 20.6 Å². The fraction of sp³-hybridized carbons (Fsp3) is 0.652. The highest BCUT2D eigenvalue weighted by Crippen LogP contribution is 2.44. The van der Waals surface area contributed by atoms with Crippen molar-refractivity contribution in [3.63, 3.8) is 0 Å². The van der Waals surface area contributed by atoms with Crippen LogP contribution in [0.2, 0.25) is 0 Å². The van der Waals surface area contributed by atoms with Crippen molar-refractivity contribution < 1.29 is 24.2 Å². The highest BCUT2D eigenvalue weighted by Gasteiger charge is 2.50. The first-order chi connectivity index (χ1) is 14.8. The Labute approximate surface area is 182 Å². The van der Waals surface area contributed by atoms with Crippen LogP contribution in [-0.4, -0.2) is 65.4 Å². The van der Waals surface area contributed by atoms with Crippen LogP contribution in [0.3, 0.4) is 0 Å². The monoisotopic (exact) mass is 433 g/mol. The van der Waals surface area contributed by atoms with Gasteiger partial charge in [-0.25, -0.2) is 9.18 Å². The molecule has 4 rings (SSSR count). The first-order valence-electron chi connectivity index (χ1n) is 11.4. The van der Waals surface area contributed by atoms with Crippen LogP contribution in [0.5, 0.6) is 0 Å². The van der Waals surface area contributed by atoms with E-state index in [-0.39, 0.29) is 24.6 Å². The van der Waals surface area contributed by atoms with Crippen LogP contribution in [0.1, 0.15) is 51.9 Å². The number of aliphatic hydroxyl groups is 1. The summed E-state index contributed by atoms with van der Waals surface area (Å²) in [6.45, 7) is 3.85. The zero-order chi connectivity index (χ0) is 22.2. The number of amides is 2. The van der Waals surface area contributed by atoms with Gasteiger partial charge in [-0.1, -0.05) is 0 Å². The van der Waals surface area contributed by atoms with Gasteiger partial charge in [-0.05, 0) is 70.1 Å². The van der Waals surface area contributed by atoms with E-state index in [1.54, 1.807) is 19.1 Å². The SMILES string of the molecule is CCN(C(=O)O)c1ccc(N2CCCC3(CCN([C@H]4CC[C@H](O)CC4)C3=O)C2)c(F)c1. The molecular formula is C23H32FN3O4. The van der Waals surface area contributed by atoms with Crippen LogP contribution in [0.25, 0.3) is 0 Å². The maximum Gasteiger partial charge on any atom is 0.411 e. The first-order valence-corrected chi connectivity index (χ1v) is 11.4. The number of anilines is 2. The van der Waals surface area contributed by atoms with Gasteiger partial charge in [0.05, 0.1) is 22.9 Å². The fourth-order valence-electron chi connectivity index (χ4n) is 5.63. The molecule has 3 aliphatic rings. The van der Waals surface area contributed by atoms with Gasteiger partial charge in [0.25, 0.3) is 0 Å². The Morgan fingerprint density at radius 2 is 1.97 bits per heavy atom. The topological polar surface area (TPSA) is 84.3 Å². The number of benzene rings is 1. The van der Waals surface area contributed by atoms with Crippen LogP contribution < -0.4 is 9.80 Å². The molecule has 3 fully saturated rings. The Kier molecular flexibility index (Phi) is 6.10. The zero-order valence-corrected chi connectivity index (χ0v) is 18.1. The summed E-state index contributed by atoms with van der Waals surface area (Å²) in [6, 6.07) is 4.74. The minimum absolute atomic E-state index is 0.179. The molecule has 1 aliphatic carbocycles. The van der Waals surface area contributed by atoms with E-state index in [9.17, 15) is 24.2 Å². The maximum absolute atomic E-state index is 15.0. The van der Waals surface area contributed by atoms with Gasteiger partial charge in [-0.3, -0.25) is 9.69 Å². The van der Waals surface area contributed by atoms with Gasteiger partial charge >= 0.3 is 6.09 Å². The summed E-state index contributed by atoms with van der Waals surface area (Å²) in [5, 5.41) is 19.1. The molecular weight excluding hydrogens is 401 g/mol. The number of aliphatic hydroxyl groups excluding tert-OH is 1. The van der Waals surface area contributed by atoms with Gasteiger partial charge in [0, 0.05) is 32.2 Å². The fourth-order valence-corrected chi connectivity index (χ4v) is 5.63. The molecule has 2 saturated heterocycles. The normalized spacial score (nSPS) is 28.9. The molecule has 170 valence electrons. The summed E-state index contributed by atoms with van der Waals surface area (Å²) in [5.74, 6) is -0.281. The minimum atomic E-state index is -1.11. The van der Waals surface area contributed by atoms with E-state index in [0.29, 0.717) is 24.5 Å². The molecule has 2 amide bonds. The van der Waals surface area contributed by atoms with E-state index >= 15 is 0 Å². The minimum Gasteiger partial charge on any atom is -0.465 e. The zero-order valence-electron chi connectivity index (χ0n) is 18.1. The van der Waals surface area contributed by atoms with Gasteiger partial charge < -0.3 is 20.0 Å². The van der Waals surface area contributed by atoms with Gasteiger partial charge in [0.15, 0.2) is 0 Å². The molecule has 1 spiro atoms. The smallest absolute Gasteiger partial charge is 0.411 e. The van der Waals surface area contributed by atoms with E-state index < -0.39 is 17.3 Å². The lowest BCUT2D eigenvalue weighted by atomic mass is 9.78.